The minimum Gasteiger partial charge on any atom is -0.480 e. The van der Waals surface area contributed by atoms with Crippen molar-refractivity contribution >= 4 is 22.9 Å². The van der Waals surface area contributed by atoms with Gasteiger partial charge >= 0.3 is 5.97 Å². The molecule has 1 heterocycles. The monoisotopic (exact) mass is 275 g/mol. The lowest BCUT2D eigenvalue weighted by Gasteiger charge is -2.11. The highest BCUT2D eigenvalue weighted by Crippen LogP contribution is 2.11. The number of carbonyl (C=O) groups excluding carboxylic acids is 1. The Morgan fingerprint density at radius 2 is 2.15 bits per heavy atom. The number of aromatic nitrogens is 2. The van der Waals surface area contributed by atoms with Gasteiger partial charge in [-0.3, -0.25) is 4.79 Å². The predicted octanol–water partition coefficient (Wildman–Crippen LogP) is 1.47. The van der Waals surface area contributed by atoms with Crippen molar-refractivity contribution in [1.29, 1.82) is 0 Å². The highest BCUT2D eigenvalue weighted by molar-refractivity contribution is 5.83. The zero-order valence-electron chi connectivity index (χ0n) is 11.2. The van der Waals surface area contributed by atoms with Crippen LogP contribution in [0.2, 0.25) is 0 Å². The second kappa shape index (κ2) is 6.18. The molecule has 6 nitrogen and oxygen atoms in total. The number of carboxylic acids is 1. The van der Waals surface area contributed by atoms with Crippen molar-refractivity contribution in [3.8, 4) is 0 Å². The molecule has 6 heteroatoms. The van der Waals surface area contributed by atoms with Gasteiger partial charge < -0.3 is 15.4 Å². The van der Waals surface area contributed by atoms with E-state index in [0.29, 0.717) is 12.8 Å². The molecule has 0 unspecified atom stereocenters. The van der Waals surface area contributed by atoms with E-state index in [1.54, 1.807) is 6.92 Å². The third kappa shape index (κ3) is 3.34. The average Bonchev–Trinajstić information content (AvgIpc) is 2.85. The first-order valence-corrected chi connectivity index (χ1v) is 6.56. The van der Waals surface area contributed by atoms with Gasteiger partial charge in [0.25, 0.3) is 0 Å². The molecule has 0 saturated carbocycles. The number of amides is 1. The Bertz CT molecular complexity index is 588. The van der Waals surface area contributed by atoms with E-state index < -0.39 is 12.0 Å². The summed E-state index contributed by atoms with van der Waals surface area (Å²) in [5.41, 5.74) is 1.79. The molecule has 2 aromatic rings. The summed E-state index contributed by atoms with van der Waals surface area (Å²) in [5.74, 6) is -0.561. The summed E-state index contributed by atoms with van der Waals surface area (Å²) in [4.78, 5) is 30.0. The third-order valence-corrected chi connectivity index (χ3v) is 3.07. The first kappa shape index (κ1) is 14.0. The van der Waals surface area contributed by atoms with Gasteiger partial charge in [-0.05, 0) is 18.6 Å². The molecule has 20 heavy (non-hydrogen) atoms. The van der Waals surface area contributed by atoms with Gasteiger partial charge in [-0.25, -0.2) is 9.78 Å². The summed E-state index contributed by atoms with van der Waals surface area (Å²) in [6.07, 6.45) is 1.03. The summed E-state index contributed by atoms with van der Waals surface area (Å²) >= 11 is 0. The number of H-pyrrole nitrogens is 1. The molecule has 2 rings (SSSR count). The molecule has 3 N–H and O–H groups in total. The maximum Gasteiger partial charge on any atom is 0.326 e. The number of carboxylic acid groups (broad SMARTS) is 1. The zero-order valence-corrected chi connectivity index (χ0v) is 11.2. The Kier molecular flexibility index (Phi) is 4.34. The summed E-state index contributed by atoms with van der Waals surface area (Å²) in [5, 5.41) is 11.4. The second-order valence-electron chi connectivity index (χ2n) is 4.57. The van der Waals surface area contributed by atoms with Crippen LogP contribution >= 0.6 is 0 Å². The Morgan fingerprint density at radius 3 is 2.80 bits per heavy atom. The quantitative estimate of drug-likeness (QED) is 0.744. The SMILES string of the molecule is CC[C@@H](NC(=O)CCc1nc2ccccc2[nH]1)C(=O)O. The molecule has 0 fully saturated rings. The topological polar surface area (TPSA) is 95.1 Å². The van der Waals surface area contributed by atoms with Crippen LogP contribution in [0.5, 0.6) is 0 Å². The normalized spacial score (nSPS) is 12.2. The van der Waals surface area contributed by atoms with Gasteiger partial charge in [-0.2, -0.15) is 0 Å². The maximum atomic E-state index is 11.7. The van der Waals surface area contributed by atoms with E-state index in [0.717, 1.165) is 16.9 Å². The molecule has 0 aliphatic heterocycles. The zero-order chi connectivity index (χ0) is 14.5. The highest BCUT2D eigenvalue weighted by atomic mass is 16.4. The van der Waals surface area contributed by atoms with Crippen molar-refractivity contribution < 1.29 is 14.7 Å². The van der Waals surface area contributed by atoms with E-state index in [-0.39, 0.29) is 12.3 Å². The molecule has 106 valence electrons. The molecule has 1 aromatic heterocycles. The number of hydrogen-bond donors (Lipinski definition) is 3. The fraction of sp³-hybridized carbons (Fsp3) is 0.357. The lowest BCUT2D eigenvalue weighted by atomic mass is 10.2. The first-order valence-electron chi connectivity index (χ1n) is 6.56. The van der Waals surface area contributed by atoms with Crippen LogP contribution in [0.15, 0.2) is 24.3 Å². The summed E-state index contributed by atoms with van der Waals surface area (Å²) < 4.78 is 0. The van der Waals surface area contributed by atoms with Crippen molar-refractivity contribution in [2.75, 3.05) is 0 Å². The molecule has 0 aliphatic carbocycles. The summed E-state index contributed by atoms with van der Waals surface area (Å²) in [6, 6.07) is 6.81. The van der Waals surface area contributed by atoms with Gasteiger partial charge in [0.15, 0.2) is 0 Å². The first-order chi connectivity index (χ1) is 9.60. The van der Waals surface area contributed by atoms with Crippen LogP contribution in [-0.4, -0.2) is 33.0 Å². The second-order valence-corrected chi connectivity index (χ2v) is 4.57. The standard InChI is InChI=1S/C14H17N3O3/c1-2-9(14(19)20)17-13(18)8-7-12-15-10-5-3-4-6-11(10)16-12/h3-6,9H,2,7-8H2,1H3,(H,15,16)(H,17,18)(H,19,20)/t9-/m1/s1. The van der Waals surface area contributed by atoms with E-state index in [4.69, 9.17) is 5.11 Å². The largest absolute Gasteiger partial charge is 0.480 e. The maximum absolute atomic E-state index is 11.7. The molecule has 0 aliphatic rings. The number of nitrogens with one attached hydrogen (secondary N) is 2. The number of aryl methyl sites for hydroxylation is 1. The third-order valence-electron chi connectivity index (χ3n) is 3.07. The molecule has 0 saturated heterocycles. The summed E-state index contributed by atoms with van der Waals surface area (Å²) in [7, 11) is 0. The predicted molar refractivity (Wildman–Crippen MR) is 74.3 cm³/mol. The number of aromatic amines is 1. The average molecular weight is 275 g/mol. The van der Waals surface area contributed by atoms with E-state index in [9.17, 15) is 9.59 Å². The minimum atomic E-state index is -1.01. The Morgan fingerprint density at radius 1 is 1.40 bits per heavy atom. The van der Waals surface area contributed by atoms with Crippen LogP contribution < -0.4 is 5.32 Å². The smallest absolute Gasteiger partial charge is 0.326 e. The number of rotatable bonds is 6. The van der Waals surface area contributed by atoms with Crippen LogP contribution in [-0.2, 0) is 16.0 Å². The Hall–Kier alpha value is -2.37. The number of imidazole rings is 1. The van der Waals surface area contributed by atoms with Gasteiger partial charge in [0.2, 0.25) is 5.91 Å². The number of carbonyl (C=O) groups is 2. The van der Waals surface area contributed by atoms with Gasteiger partial charge in [-0.1, -0.05) is 19.1 Å². The van der Waals surface area contributed by atoms with E-state index >= 15 is 0 Å². The number of fused-ring (bicyclic) bond motifs is 1. The fourth-order valence-electron chi connectivity index (χ4n) is 1.96. The van der Waals surface area contributed by atoms with Crippen molar-refractivity contribution in [2.45, 2.75) is 32.2 Å². The van der Waals surface area contributed by atoms with Crippen LogP contribution in [0.25, 0.3) is 11.0 Å². The van der Waals surface area contributed by atoms with Crippen molar-refractivity contribution in [2.24, 2.45) is 0 Å². The lowest BCUT2D eigenvalue weighted by Crippen LogP contribution is -2.40. The fourth-order valence-corrected chi connectivity index (χ4v) is 1.96. The molecule has 0 radical (unpaired) electrons. The van der Waals surface area contributed by atoms with Gasteiger partial charge in [0, 0.05) is 12.8 Å². The minimum absolute atomic E-state index is 0.212. The molecular formula is C14H17N3O3. The highest BCUT2D eigenvalue weighted by Gasteiger charge is 2.17. The molecule has 1 amide bonds. The van der Waals surface area contributed by atoms with E-state index in [2.05, 4.69) is 15.3 Å². The number of benzene rings is 1. The van der Waals surface area contributed by atoms with E-state index in [1.807, 2.05) is 24.3 Å². The van der Waals surface area contributed by atoms with E-state index in [1.165, 1.54) is 0 Å². The Labute approximate surface area is 116 Å². The lowest BCUT2D eigenvalue weighted by molar-refractivity contribution is -0.141. The molecule has 1 aromatic carbocycles. The van der Waals surface area contributed by atoms with Gasteiger partial charge in [-0.15, -0.1) is 0 Å². The molecular weight excluding hydrogens is 258 g/mol. The van der Waals surface area contributed by atoms with Crippen LogP contribution in [0.1, 0.15) is 25.6 Å². The number of para-hydroxylation sites is 2. The number of hydrogen-bond acceptors (Lipinski definition) is 3. The van der Waals surface area contributed by atoms with Crippen LogP contribution in [0, 0.1) is 0 Å². The van der Waals surface area contributed by atoms with Gasteiger partial charge in [0.1, 0.15) is 11.9 Å². The number of aliphatic carboxylic acids is 1. The van der Waals surface area contributed by atoms with Crippen LogP contribution in [0.4, 0.5) is 0 Å². The van der Waals surface area contributed by atoms with Crippen molar-refractivity contribution in [3.63, 3.8) is 0 Å². The molecule has 0 bridgehead atoms. The number of nitrogens with zero attached hydrogens (tertiary/aromatic N) is 1. The van der Waals surface area contributed by atoms with Crippen molar-refractivity contribution in [1.82, 2.24) is 15.3 Å². The molecule has 1 atom stereocenters. The Balaban J connectivity index is 1.91. The molecule has 0 spiro atoms. The summed E-state index contributed by atoms with van der Waals surface area (Å²) in [6.45, 7) is 1.72. The van der Waals surface area contributed by atoms with Crippen LogP contribution in [0.3, 0.4) is 0 Å². The van der Waals surface area contributed by atoms with Gasteiger partial charge in [0.05, 0.1) is 11.0 Å². The van der Waals surface area contributed by atoms with Crippen molar-refractivity contribution in [3.05, 3.63) is 30.1 Å².